The maximum absolute atomic E-state index is 14.0. The molecular formula is C14H18FN3S. The highest BCUT2D eigenvalue weighted by Gasteiger charge is 2.10. The van der Waals surface area contributed by atoms with Crippen LogP contribution < -0.4 is 5.32 Å². The fourth-order valence-electron chi connectivity index (χ4n) is 1.52. The molecule has 0 saturated carbocycles. The van der Waals surface area contributed by atoms with Crippen LogP contribution in [0.3, 0.4) is 0 Å². The average molecular weight is 279 g/mol. The van der Waals surface area contributed by atoms with Crippen LogP contribution in [0.2, 0.25) is 0 Å². The van der Waals surface area contributed by atoms with Gasteiger partial charge in [0.15, 0.2) is 5.16 Å². The van der Waals surface area contributed by atoms with Gasteiger partial charge in [0.2, 0.25) is 0 Å². The van der Waals surface area contributed by atoms with Crippen molar-refractivity contribution in [3.05, 3.63) is 42.0 Å². The van der Waals surface area contributed by atoms with Gasteiger partial charge in [-0.25, -0.2) is 9.37 Å². The van der Waals surface area contributed by atoms with Crippen LogP contribution in [0.4, 0.5) is 4.39 Å². The van der Waals surface area contributed by atoms with Crippen molar-refractivity contribution < 1.29 is 4.39 Å². The van der Waals surface area contributed by atoms with Crippen molar-refractivity contribution in [3.8, 4) is 0 Å². The fourth-order valence-corrected chi connectivity index (χ4v) is 2.26. The molecule has 1 aromatic heterocycles. The first-order valence-corrected chi connectivity index (χ1v) is 6.96. The van der Waals surface area contributed by atoms with Gasteiger partial charge in [-0.1, -0.05) is 6.07 Å². The number of H-pyrrole nitrogens is 1. The second kappa shape index (κ2) is 5.75. The molecule has 1 heterocycles. The number of hydrogen-bond acceptors (Lipinski definition) is 3. The summed E-state index contributed by atoms with van der Waals surface area (Å²) in [5, 5.41) is 4.03. The molecule has 19 heavy (non-hydrogen) atoms. The Kier molecular flexibility index (Phi) is 4.27. The molecule has 0 aliphatic heterocycles. The molecule has 0 aliphatic rings. The smallest absolute Gasteiger partial charge is 0.170 e. The Morgan fingerprint density at radius 1 is 1.37 bits per heavy atom. The zero-order valence-electron chi connectivity index (χ0n) is 11.3. The van der Waals surface area contributed by atoms with E-state index in [1.807, 2.05) is 6.07 Å². The Bertz CT molecular complexity index is 532. The first-order valence-electron chi connectivity index (χ1n) is 6.15. The quantitative estimate of drug-likeness (QED) is 0.898. The van der Waals surface area contributed by atoms with Crippen molar-refractivity contribution in [1.82, 2.24) is 15.3 Å². The molecule has 0 amide bonds. The number of benzene rings is 1. The van der Waals surface area contributed by atoms with Crippen LogP contribution in [0.25, 0.3) is 0 Å². The lowest BCUT2D eigenvalue weighted by molar-refractivity contribution is 0.423. The minimum atomic E-state index is -0.213. The van der Waals surface area contributed by atoms with Gasteiger partial charge >= 0.3 is 0 Å². The summed E-state index contributed by atoms with van der Waals surface area (Å²) in [7, 11) is 0. The van der Waals surface area contributed by atoms with Crippen LogP contribution in [-0.4, -0.2) is 15.5 Å². The van der Waals surface area contributed by atoms with E-state index in [0.717, 1.165) is 5.56 Å². The van der Waals surface area contributed by atoms with E-state index in [4.69, 9.17) is 0 Å². The van der Waals surface area contributed by atoms with E-state index in [2.05, 4.69) is 36.1 Å². The third-order valence-corrected chi connectivity index (χ3v) is 3.47. The van der Waals surface area contributed by atoms with Gasteiger partial charge in [0, 0.05) is 24.5 Å². The monoisotopic (exact) mass is 279 g/mol. The molecule has 0 bridgehead atoms. The summed E-state index contributed by atoms with van der Waals surface area (Å²) in [4.78, 5) is 7.60. The Hall–Kier alpha value is -1.33. The minimum Gasteiger partial charge on any atom is -0.339 e. The van der Waals surface area contributed by atoms with Crippen LogP contribution in [0.15, 0.2) is 40.6 Å². The number of nitrogens with zero attached hydrogens (tertiary/aromatic N) is 1. The van der Waals surface area contributed by atoms with Crippen LogP contribution in [0, 0.1) is 5.82 Å². The van der Waals surface area contributed by atoms with Crippen molar-refractivity contribution in [1.29, 1.82) is 0 Å². The molecule has 2 aromatic rings. The molecule has 0 fully saturated rings. The predicted molar refractivity (Wildman–Crippen MR) is 75.7 cm³/mol. The minimum absolute atomic E-state index is 0.0259. The number of imidazole rings is 1. The van der Waals surface area contributed by atoms with Crippen LogP contribution in [0.5, 0.6) is 0 Å². The van der Waals surface area contributed by atoms with Gasteiger partial charge in [0.1, 0.15) is 5.82 Å². The van der Waals surface area contributed by atoms with Crippen LogP contribution in [0.1, 0.15) is 26.3 Å². The summed E-state index contributed by atoms with van der Waals surface area (Å²) in [6.45, 7) is 6.92. The highest BCUT2D eigenvalue weighted by Crippen LogP contribution is 2.27. The summed E-state index contributed by atoms with van der Waals surface area (Å²) in [5.41, 5.74) is 0.967. The van der Waals surface area contributed by atoms with Crippen molar-refractivity contribution in [2.24, 2.45) is 0 Å². The van der Waals surface area contributed by atoms with E-state index in [1.165, 1.54) is 11.8 Å². The van der Waals surface area contributed by atoms with Gasteiger partial charge in [0.05, 0.1) is 4.90 Å². The number of hydrogen-bond donors (Lipinski definition) is 2. The molecule has 0 radical (unpaired) electrons. The summed E-state index contributed by atoms with van der Waals surface area (Å²) < 4.78 is 14.0. The molecule has 102 valence electrons. The number of aromatic amines is 1. The topological polar surface area (TPSA) is 40.7 Å². The van der Waals surface area contributed by atoms with Gasteiger partial charge in [-0.05, 0) is 50.2 Å². The Balaban J connectivity index is 2.05. The van der Waals surface area contributed by atoms with Crippen molar-refractivity contribution in [2.45, 2.75) is 42.9 Å². The highest BCUT2D eigenvalue weighted by molar-refractivity contribution is 7.99. The Morgan fingerprint density at radius 3 is 2.74 bits per heavy atom. The summed E-state index contributed by atoms with van der Waals surface area (Å²) in [6.07, 6.45) is 3.38. The largest absolute Gasteiger partial charge is 0.339 e. The predicted octanol–water partition coefficient (Wildman–Crippen LogP) is 3.59. The van der Waals surface area contributed by atoms with E-state index in [-0.39, 0.29) is 11.4 Å². The molecule has 1 aromatic carbocycles. The van der Waals surface area contributed by atoms with E-state index in [9.17, 15) is 4.39 Å². The van der Waals surface area contributed by atoms with E-state index in [0.29, 0.717) is 16.6 Å². The molecule has 0 saturated heterocycles. The number of rotatable bonds is 4. The number of nitrogens with one attached hydrogen (secondary N) is 2. The molecule has 2 N–H and O–H groups in total. The molecule has 0 atom stereocenters. The fraction of sp³-hybridized carbons (Fsp3) is 0.357. The van der Waals surface area contributed by atoms with Gasteiger partial charge in [0.25, 0.3) is 0 Å². The summed E-state index contributed by atoms with van der Waals surface area (Å²) in [5.74, 6) is -0.213. The highest BCUT2D eigenvalue weighted by atomic mass is 32.2. The molecular weight excluding hydrogens is 261 g/mol. The van der Waals surface area contributed by atoms with Gasteiger partial charge in [-0.15, -0.1) is 0 Å². The maximum Gasteiger partial charge on any atom is 0.170 e. The van der Waals surface area contributed by atoms with Gasteiger partial charge in [-0.2, -0.15) is 0 Å². The summed E-state index contributed by atoms with van der Waals surface area (Å²) >= 11 is 1.29. The zero-order chi connectivity index (χ0) is 13.9. The van der Waals surface area contributed by atoms with E-state index in [1.54, 1.807) is 24.5 Å². The van der Waals surface area contributed by atoms with Gasteiger partial charge in [-0.3, -0.25) is 0 Å². The van der Waals surface area contributed by atoms with E-state index < -0.39 is 0 Å². The second-order valence-corrected chi connectivity index (χ2v) is 6.40. The number of halogens is 1. The molecule has 5 heteroatoms. The first kappa shape index (κ1) is 14.1. The standard InChI is InChI=1S/C14H18FN3S/c1-14(2,3)18-9-10-4-5-12(11(15)8-10)19-13-16-6-7-17-13/h4-8,18H,9H2,1-3H3,(H,16,17). The van der Waals surface area contributed by atoms with E-state index >= 15 is 0 Å². The molecule has 2 rings (SSSR count). The van der Waals surface area contributed by atoms with Crippen LogP contribution >= 0.6 is 11.8 Å². The Labute approximate surface area is 117 Å². The lowest BCUT2D eigenvalue weighted by atomic mass is 10.1. The lowest BCUT2D eigenvalue weighted by Gasteiger charge is -2.20. The molecule has 3 nitrogen and oxygen atoms in total. The SMILES string of the molecule is CC(C)(C)NCc1ccc(Sc2ncc[nH]2)c(F)c1. The molecule has 0 unspecified atom stereocenters. The molecule has 0 spiro atoms. The first-order chi connectivity index (χ1) is 8.94. The maximum atomic E-state index is 14.0. The third kappa shape index (κ3) is 4.36. The van der Waals surface area contributed by atoms with Crippen molar-refractivity contribution >= 4 is 11.8 Å². The zero-order valence-corrected chi connectivity index (χ0v) is 12.1. The lowest BCUT2D eigenvalue weighted by Crippen LogP contribution is -2.35. The van der Waals surface area contributed by atoms with Crippen LogP contribution in [-0.2, 0) is 6.54 Å². The molecule has 0 aliphatic carbocycles. The van der Waals surface area contributed by atoms with Crippen molar-refractivity contribution in [2.75, 3.05) is 0 Å². The van der Waals surface area contributed by atoms with Gasteiger partial charge < -0.3 is 10.3 Å². The second-order valence-electron chi connectivity index (χ2n) is 5.36. The normalized spacial score (nSPS) is 11.8. The average Bonchev–Trinajstić information content (AvgIpc) is 2.81. The number of aromatic nitrogens is 2. The van der Waals surface area contributed by atoms with Crippen molar-refractivity contribution in [3.63, 3.8) is 0 Å². The Morgan fingerprint density at radius 2 is 2.16 bits per heavy atom. The summed E-state index contributed by atoms with van der Waals surface area (Å²) in [6, 6.07) is 5.30. The third-order valence-electron chi connectivity index (χ3n) is 2.50.